The Morgan fingerprint density at radius 1 is 1.06 bits per heavy atom. The van der Waals surface area contributed by atoms with Crippen LogP contribution >= 0.6 is 15.9 Å². The number of benzene rings is 1. The number of hydrogen-bond acceptors (Lipinski definition) is 0. The first-order valence-corrected chi connectivity index (χ1v) is 6.32. The van der Waals surface area contributed by atoms with Gasteiger partial charge in [0.1, 0.15) is 18.9 Å². The van der Waals surface area contributed by atoms with E-state index < -0.39 is 0 Å². The van der Waals surface area contributed by atoms with Crippen molar-refractivity contribution in [2.45, 2.75) is 6.54 Å². The summed E-state index contributed by atoms with van der Waals surface area (Å²) in [5.41, 5.74) is 2.49. The number of aromatic nitrogens is 2. The maximum atomic E-state index is 3.50. The first kappa shape index (κ1) is 13.3. The van der Waals surface area contributed by atoms with Gasteiger partial charge in [-0.3, -0.25) is 0 Å². The van der Waals surface area contributed by atoms with Gasteiger partial charge in [0.25, 0.3) is 5.65 Å². The van der Waals surface area contributed by atoms with Crippen LogP contribution in [0.2, 0.25) is 0 Å². The van der Waals surface area contributed by atoms with Crippen LogP contribution < -0.4 is 21.5 Å². The Hall–Kier alpha value is -1.13. The molecule has 0 N–H and O–H groups in total. The predicted molar refractivity (Wildman–Crippen MR) is 70.8 cm³/mol. The molecule has 0 aliphatic carbocycles. The Morgan fingerprint density at radius 3 is 2.78 bits per heavy atom. The van der Waals surface area contributed by atoms with Crippen LogP contribution in [0.4, 0.5) is 0 Å². The molecule has 18 heavy (non-hydrogen) atoms. The molecule has 0 bridgehead atoms. The molecule has 0 spiro atoms. The van der Waals surface area contributed by atoms with Crippen LogP contribution in [0.5, 0.6) is 0 Å². The van der Waals surface area contributed by atoms with Crippen LogP contribution in [0.3, 0.4) is 0 Å². The smallest absolute Gasteiger partial charge is 0.286 e. The van der Waals surface area contributed by atoms with Crippen molar-refractivity contribution in [3.63, 3.8) is 0 Å². The summed E-state index contributed by atoms with van der Waals surface area (Å²) in [4.78, 5) is 0. The summed E-state index contributed by atoms with van der Waals surface area (Å²) in [6, 6.07) is 14.6. The Bertz CT molecular complexity index is 661. The number of rotatable bonds is 2. The second kappa shape index (κ2) is 5.67. The fourth-order valence-electron chi connectivity index (χ4n) is 2.01. The molecule has 2 nitrogen and oxygen atoms in total. The van der Waals surface area contributed by atoms with E-state index in [2.05, 4.69) is 73.8 Å². The summed E-state index contributed by atoms with van der Waals surface area (Å²) in [6.45, 7) is 0.889. The molecule has 0 fully saturated rings. The highest BCUT2D eigenvalue weighted by atomic mass is 79.9. The summed E-state index contributed by atoms with van der Waals surface area (Å²) in [5, 5.41) is 0. The van der Waals surface area contributed by atoms with E-state index in [-0.39, 0.29) is 17.0 Å². The summed E-state index contributed by atoms with van der Waals surface area (Å²) in [6.07, 6.45) is 6.25. The van der Waals surface area contributed by atoms with Crippen molar-refractivity contribution in [1.82, 2.24) is 4.40 Å². The average Bonchev–Trinajstić information content (AvgIpc) is 2.73. The van der Waals surface area contributed by atoms with Crippen molar-refractivity contribution in [1.29, 1.82) is 0 Å². The predicted octanol–water partition coefficient (Wildman–Crippen LogP) is 0.0416. The van der Waals surface area contributed by atoms with Crippen molar-refractivity contribution >= 4 is 21.6 Å². The zero-order valence-corrected chi connectivity index (χ0v) is 12.8. The third-order valence-corrected chi connectivity index (χ3v) is 3.30. The van der Waals surface area contributed by atoms with Crippen LogP contribution in [0.1, 0.15) is 5.56 Å². The molecule has 0 radical (unpaired) electrons. The molecule has 3 rings (SSSR count). The van der Waals surface area contributed by atoms with Gasteiger partial charge >= 0.3 is 0 Å². The van der Waals surface area contributed by atoms with E-state index >= 15 is 0 Å². The number of nitrogens with zero attached hydrogens (tertiary/aromatic N) is 2. The van der Waals surface area contributed by atoms with Crippen LogP contribution in [-0.2, 0) is 6.54 Å². The highest BCUT2D eigenvalue weighted by molar-refractivity contribution is 9.10. The third kappa shape index (κ3) is 2.65. The van der Waals surface area contributed by atoms with Crippen molar-refractivity contribution in [3.8, 4) is 0 Å². The number of pyridine rings is 1. The molecule has 0 unspecified atom stereocenters. The van der Waals surface area contributed by atoms with Crippen molar-refractivity contribution in [2.75, 3.05) is 0 Å². The van der Waals surface area contributed by atoms with Gasteiger partial charge in [-0.1, -0.05) is 34.1 Å². The molecule has 2 aromatic heterocycles. The van der Waals surface area contributed by atoms with Crippen LogP contribution in [0, 0.1) is 0 Å². The molecule has 0 aliphatic heterocycles. The molecule has 1 aromatic carbocycles. The Morgan fingerprint density at radius 2 is 1.94 bits per heavy atom. The summed E-state index contributed by atoms with van der Waals surface area (Å²) in [5.74, 6) is 0. The molecule has 0 atom stereocenters. The van der Waals surface area contributed by atoms with E-state index in [0.717, 1.165) is 11.0 Å². The second-order valence-corrected chi connectivity index (χ2v) is 4.94. The highest BCUT2D eigenvalue weighted by Crippen LogP contribution is 2.11. The van der Waals surface area contributed by atoms with Gasteiger partial charge in [0.2, 0.25) is 0 Å². The molecule has 92 valence electrons. The standard InChI is InChI=1S/C14H12BrN2.BrH/c15-13-5-3-4-12(10-13)11-17-9-8-16-7-2-1-6-14(16)17;/h1-10H,11H2;1H/q+1;/p-1. The number of hydrogen-bond donors (Lipinski definition) is 0. The number of imidazole rings is 1. The molecule has 4 heteroatoms. The van der Waals surface area contributed by atoms with Crippen LogP contribution in [0.15, 0.2) is 65.5 Å². The molecular formula is C14H12Br2N2. The highest BCUT2D eigenvalue weighted by Gasteiger charge is 2.08. The topological polar surface area (TPSA) is 8.29 Å². The third-order valence-electron chi connectivity index (χ3n) is 2.81. The van der Waals surface area contributed by atoms with Crippen LogP contribution in [0.25, 0.3) is 5.65 Å². The minimum atomic E-state index is 0. The van der Waals surface area contributed by atoms with E-state index in [0.29, 0.717) is 0 Å². The fraction of sp³-hybridized carbons (Fsp3) is 0.0714. The van der Waals surface area contributed by atoms with Crippen molar-refractivity contribution in [3.05, 3.63) is 71.1 Å². The fourth-order valence-corrected chi connectivity index (χ4v) is 2.46. The number of fused-ring (bicyclic) bond motifs is 1. The Balaban J connectivity index is 0.00000120. The van der Waals surface area contributed by atoms with Gasteiger partial charge in [-0.05, 0) is 23.8 Å². The van der Waals surface area contributed by atoms with Crippen LogP contribution in [-0.4, -0.2) is 4.40 Å². The zero-order valence-electron chi connectivity index (χ0n) is 9.63. The Labute approximate surface area is 125 Å². The minimum absolute atomic E-state index is 0. The van der Waals surface area contributed by atoms with E-state index in [4.69, 9.17) is 0 Å². The monoisotopic (exact) mass is 366 g/mol. The lowest BCUT2D eigenvalue weighted by atomic mass is 10.2. The quantitative estimate of drug-likeness (QED) is 0.565. The SMILES string of the molecule is Brc1cccc(C[n+]2ccn3ccccc32)c1.[Br-]. The molecule has 0 aliphatic rings. The van der Waals surface area contributed by atoms with Gasteiger partial charge in [-0.25, -0.2) is 8.97 Å². The van der Waals surface area contributed by atoms with E-state index in [9.17, 15) is 0 Å². The van der Waals surface area contributed by atoms with Gasteiger partial charge < -0.3 is 17.0 Å². The maximum absolute atomic E-state index is 3.50. The molecule has 3 aromatic rings. The van der Waals surface area contributed by atoms with Gasteiger partial charge in [0, 0.05) is 10.5 Å². The van der Waals surface area contributed by atoms with Gasteiger partial charge in [0.15, 0.2) is 0 Å². The lowest BCUT2D eigenvalue weighted by Crippen LogP contribution is -3.00. The largest absolute Gasteiger partial charge is 1.00 e. The lowest BCUT2D eigenvalue weighted by molar-refractivity contribution is -0.661. The average molecular weight is 368 g/mol. The van der Waals surface area contributed by atoms with Gasteiger partial charge in [0.05, 0.1) is 6.20 Å². The molecule has 0 amide bonds. The van der Waals surface area contributed by atoms with Crippen molar-refractivity contribution in [2.24, 2.45) is 0 Å². The normalized spacial score (nSPS) is 10.3. The lowest BCUT2D eigenvalue weighted by Gasteiger charge is -1.99. The minimum Gasteiger partial charge on any atom is -1.00 e. The maximum Gasteiger partial charge on any atom is 0.286 e. The van der Waals surface area contributed by atoms with Gasteiger partial charge in [-0.2, -0.15) is 0 Å². The first-order valence-electron chi connectivity index (χ1n) is 5.52. The van der Waals surface area contributed by atoms with Gasteiger partial charge in [-0.15, -0.1) is 0 Å². The van der Waals surface area contributed by atoms with Crippen molar-refractivity contribution < 1.29 is 21.5 Å². The zero-order chi connectivity index (χ0) is 11.7. The Kier molecular flexibility index (Phi) is 4.19. The molecule has 0 saturated heterocycles. The molecular weight excluding hydrogens is 356 g/mol. The molecule has 0 saturated carbocycles. The summed E-state index contributed by atoms with van der Waals surface area (Å²) >= 11 is 3.50. The summed E-state index contributed by atoms with van der Waals surface area (Å²) < 4.78 is 5.49. The first-order chi connectivity index (χ1) is 8.33. The van der Waals surface area contributed by atoms with E-state index in [1.54, 1.807) is 0 Å². The number of halogens is 2. The molecule has 2 heterocycles. The second-order valence-electron chi connectivity index (χ2n) is 4.02. The summed E-state index contributed by atoms with van der Waals surface area (Å²) in [7, 11) is 0. The van der Waals surface area contributed by atoms with E-state index in [1.807, 2.05) is 12.1 Å². The van der Waals surface area contributed by atoms with E-state index in [1.165, 1.54) is 11.2 Å².